The van der Waals surface area contributed by atoms with E-state index in [1.807, 2.05) is 18.2 Å². The number of hydrogen-bond acceptors (Lipinski definition) is 3. The van der Waals surface area contributed by atoms with Crippen LogP contribution in [0.2, 0.25) is 0 Å². The summed E-state index contributed by atoms with van der Waals surface area (Å²) in [5.74, 6) is -0.105. The molecule has 0 spiro atoms. The Hall–Kier alpha value is -2.91. The number of benzene rings is 3. The van der Waals surface area contributed by atoms with Crippen molar-refractivity contribution in [3.8, 4) is 0 Å². The Balaban J connectivity index is 1.77. The van der Waals surface area contributed by atoms with Gasteiger partial charge in [0, 0.05) is 5.41 Å². The molecule has 0 radical (unpaired) electrons. The van der Waals surface area contributed by atoms with E-state index in [2.05, 4.69) is 98.5 Å². The zero-order chi connectivity index (χ0) is 20.9. The Labute approximate surface area is 178 Å². The Kier molecular flexibility index (Phi) is 4.33. The molecule has 0 saturated carbocycles. The molecule has 3 aromatic rings. The van der Waals surface area contributed by atoms with Crippen LogP contribution < -0.4 is 0 Å². The molecule has 0 N–H and O–H groups in total. The molecule has 152 valence electrons. The van der Waals surface area contributed by atoms with Crippen LogP contribution in [-0.4, -0.2) is 29.1 Å². The van der Waals surface area contributed by atoms with E-state index in [4.69, 9.17) is 4.74 Å². The Morgan fingerprint density at radius 3 is 1.47 bits per heavy atom. The van der Waals surface area contributed by atoms with Gasteiger partial charge in [0.15, 0.2) is 0 Å². The number of cyclic esters (lactones) is 1. The summed E-state index contributed by atoms with van der Waals surface area (Å²) in [5.41, 5.74) is 2.81. The number of carbonyl (C=O) groups excluding carboxylic acids is 1. The fourth-order valence-corrected chi connectivity index (χ4v) is 5.18. The first-order chi connectivity index (χ1) is 14.5. The van der Waals surface area contributed by atoms with Crippen molar-refractivity contribution in [2.24, 2.45) is 5.41 Å². The van der Waals surface area contributed by atoms with Gasteiger partial charge in [-0.05, 0) is 16.7 Å². The maximum atomic E-state index is 13.0. The molecule has 30 heavy (non-hydrogen) atoms. The standard InChI is InChI=1S/C27H27NO2/c1-26(2,3)24-22-23(25(29)30-24)28(22)27(19-13-7-4-8-14-19,20-15-9-5-10-16-20)21-17-11-6-12-18-21/h4-18,22-24H,1-3H3/t22?,23?,24-,28?/m0/s1. The van der Waals surface area contributed by atoms with Gasteiger partial charge in [0.2, 0.25) is 0 Å². The number of carbonyl (C=O) groups is 1. The van der Waals surface area contributed by atoms with Gasteiger partial charge in [-0.25, -0.2) is 0 Å². The molecule has 2 aliphatic heterocycles. The maximum Gasteiger partial charge on any atom is 0.325 e. The summed E-state index contributed by atoms with van der Waals surface area (Å²) in [6, 6.07) is 31.5. The minimum absolute atomic E-state index is 0.0538. The molecule has 0 aliphatic carbocycles. The SMILES string of the molecule is CC(C)(C)[C@H]1OC(=O)C2C1N2C(c1ccccc1)(c1ccccc1)c1ccccc1. The molecule has 3 unspecified atom stereocenters. The van der Waals surface area contributed by atoms with Crippen molar-refractivity contribution >= 4 is 5.97 Å². The van der Waals surface area contributed by atoms with Gasteiger partial charge in [-0.3, -0.25) is 9.69 Å². The number of ether oxygens (including phenoxy) is 1. The Morgan fingerprint density at radius 1 is 0.700 bits per heavy atom. The molecule has 2 fully saturated rings. The second kappa shape index (κ2) is 6.82. The number of esters is 1. The van der Waals surface area contributed by atoms with Crippen LogP contribution in [0.15, 0.2) is 91.0 Å². The summed E-state index contributed by atoms with van der Waals surface area (Å²) in [7, 11) is 0. The van der Waals surface area contributed by atoms with Gasteiger partial charge in [0.05, 0.1) is 11.6 Å². The molecule has 0 aromatic heterocycles. The van der Waals surface area contributed by atoms with Gasteiger partial charge < -0.3 is 4.74 Å². The van der Waals surface area contributed by atoms with Crippen molar-refractivity contribution in [1.82, 2.24) is 4.90 Å². The zero-order valence-corrected chi connectivity index (χ0v) is 17.7. The van der Waals surface area contributed by atoms with Crippen LogP contribution in [0.5, 0.6) is 0 Å². The number of rotatable bonds is 4. The van der Waals surface area contributed by atoms with E-state index in [9.17, 15) is 4.79 Å². The van der Waals surface area contributed by atoms with Crippen molar-refractivity contribution in [2.45, 2.75) is 44.5 Å². The lowest BCUT2D eigenvalue weighted by molar-refractivity contribution is -0.152. The van der Waals surface area contributed by atoms with Crippen LogP contribution in [0.3, 0.4) is 0 Å². The second-order valence-electron chi connectivity index (χ2n) is 9.37. The van der Waals surface area contributed by atoms with E-state index in [1.165, 1.54) is 0 Å². The van der Waals surface area contributed by atoms with E-state index in [0.717, 1.165) is 16.7 Å². The number of morpholine rings is 1. The summed E-state index contributed by atoms with van der Waals surface area (Å²) in [5, 5.41) is 0. The molecule has 0 amide bonds. The molecule has 5 rings (SSSR count). The quantitative estimate of drug-likeness (QED) is 0.352. The van der Waals surface area contributed by atoms with Crippen molar-refractivity contribution < 1.29 is 9.53 Å². The summed E-state index contributed by atoms with van der Waals surface area (Å²) in [4.78, 5) is 15.3. The lowest BCUT2D eigenvalue weighted by atomic mass is 9.76. The minimum Gasteiger partial charge on any atom is -0.459 e. The van der Waals surface area contributed by atoms with Gasteiger partial charge in [0.25, 0.3) is 0 Å². The van der Waals surface area contributed by atoms with Crippen LogP contribution in [0, 0.1) is 5.41 Å². The van der Waals surface area contributed by atoms with Crippen LogP contribution in [-0.2, 0) is 15.1 Å². The fourth-order valence-electron chi connectivity index (χ4n) is 5.18. The average molecular weight is 398 g/mol. The molecule has 3 nitrogen and oxygen atoms in total. The van der Waals surface area contributed by atoms with E-state index >= 15 is 0 Å². The van der Waals surface area contributed by atoms with Gasteiger partial charge >= 0.3 is 5.97 Å². The topological polar surface area (TPSA) is 29.3 Å². The first kappa shape index (κ1) is 19.1. The average Bonchev–Trinajstić information content (AvgIpc) is 3.39. The summed E-state index contributed by atoms with van der Waals surface area (Å²) >= 11 is 0. The highest BCUT2D eigenvalue weighted by Gasteiger charge is 2.72. The molecule has 4 atom stereocenters. The van der Waals surface area contributed by atoms with Crippen LogP contribution in [0.1, 0.15) is 37.5 Å². The highest BCUT2D eigenvalue weighted by Crippen LogP contribution is 2.57. The van der Waals surface area contributed by atoms with Crippen LogP contribution >= 0.6 is 0 Å². The number of fused-ring (bicyclic) bond motifs is 1. The van der Waals surface area contributed by atoms with Crippen LogP contribution in [0.25, 0.3) is 0 Å². The van der Waals surface area contributed by atoms with Crippen molar-refractivity contribution in [1.29, 1.82) is 0 Å². The predicted octanol–water partition coefficient (Wildman–Crippen LogP) is 5.00. The molecule has 0 bridgehead atoms. The molecule has 3 heteroatoms. The highest BCUT2D eigenvalue weighted by atomic mass is 16.6. The van der Waals surface area contributed by atoms with E-state index < -0.39 is 5.54 Å². The van der Waals surface area contributed by atoms with Gasteiger partial charge in [-0.15, -0.1) is 0 Å². The maximum absolute atomic E-state index is 13.0. The van der Waals surface area contributed by atoms with Crippen molar-refractivity contribution in [3.63, 3.8) is 0 Å². The molecular weight excluding hydrogens is 370 g/mol. The highest BCUT2D eigenvalue weighted by molar-refractivity contribution is 5.85. The Morgan fingerprint density at radius 2 is 1.10 bits per heavy atom. The molecule has 3 aromatic carbocycles. The summed E-state index contributed by atoms with van der Waals surface area (Å²) < 4.78 is 5.84. The number of hydrogen-bond donors (Lipinski definition) is 0. The largest absolute Gasteiger partial charge is 0.459 e. The third-order valence-corrected chi connectivity index (χ3v) is 6.46. The minimum atomic E-state index is -0.554. The lowest BCUT2D eigenvalue weighted by Gasteiger charge is -2.41. The monoisotopic (exact) mass is 397 g/mol. The normalized spacial score (nSPS) is 25.5. The van der Waals surface area contributed by atoms with E-state index in [0.29, 0.717) is 0 Å². The van der Waals surface area contributed by atoms with Gasteiger partial charge in [0.1, 0.15) is 12.1 Å². The first-order valence-corrected chi connectivity index (χ1v) is 10.6. The van der Waals surface area contributed by atoms with E-state index in [-0.39, 0.29) is 29.6 Å². The van der Waals surface area contributed by atoms with Gasteiger partial charge in [-0.2, -0.15) is 0 Å². The first-order valence-electron chi connectivity index (χ1n) is 10.6. The third kappa shape index (κ3) is 2.73. The predicted molar refractivity (Wildman–Crippen MR) is 118 cm³/mol. The summed E-state index contributed by atoms with van der Waals surface area (Å²) in [6.07, 6.45) is -0.134. The third-order valence-electron chi connectivity index (χ3n) is 6.46. The van der Waals surface area contributed by atoms with Crippen molar-refractivity contribution in [2.75, 3.05) is 0 Å². The molecule has 2 aliphatic rings. The molecule has 2 saturated heterocycles. The molecular formula is C27H27NO2. The van der Waals surface area contributed by atoms with Crippen molar-refractivity contribution in [3.05, 3.63) is 108 Å². The van der Waals surface area contributed by atoms with Crippen LogP contribution in [0.4, 0.5) is 0 Å². The zero-order valence-electron chi connectivity index (χ0n) is 17.7. The molecule has 2 heterocycles. The smallest absolute Gasteiger partial charge is 0.325 e. The fraction of sp³-hybridized carbons (Fsp3) is 0.296. The Bertz CT molecular complexity index is 944. The summed E-state index contributed by atoms with van der Waals surface area (Å²) in [6.45, 7) is 6.46. The second-order valence-corrected chi connectivity index (χ2v) is 9.37. The van der Waals surface area contributed by atoms with E-state index in [1.54, 1.807) is 0 Å². The van der Waals surface area contributed by atoms with Gasteiger partial charge in [-0.1, -0.05) is 112 Å². The number of nitrogens with zero attached hydrogens (tertiary/aromatic N) is 1. The lowest BCUT2D eigenvalue weighted by Crippen LogP contribution is -2.45.